The minimum atomic E-state index is 0.0392. The number of nitrogens with zero attached hydrogens (tertiary/aromatic N) is 3. The van der Waals surface area contributed by atoms with Gasteiger partial charge in [0, 0.05) is 37.0 Å². The highest BCUT2D eigenvalue weighted by Crippen LogP contribution is 2.24. The lowest BCUT2D eigenvalue weighted by Gasteiger charge is -2.24. The van der Waals surface area contributed by atoms with E-state index in [0.717, 1.165) is 42.7 Å². The first-order valence-corrected chi connectivity index (χ1v) is 15.9. The van der Waals surface area contributed by atoms with Gasteiger partial charge in [0.15, 0.2) is 5.78 Å². The SMILES string of the molecule is CC.CC(=O)c1ccc(Nc2nc3ccc(C(=O)N(CCC(C)C)CCC(C)C)cc3n2C)cc1.CCCCCNC. The molecule has 0 aliphatic heterocycles. The average molecular weight is 580 g/mol. The molecule has 0 atom stereocenters. The second-order valence-corrected chi connectivity index (χ2v) is 11.4. The molecule has 3 rings (SSSR count). The van der Waals surface area contributed by atoms with Crippen LogP contribution in [0.4, 0.5) is 11.6 Å². The molecule has 0 radical (unpaired) electrons. The number of unbranched alkanes of at least 4 members (excludes halogenated alkanes) is 2. The Bertz CT molecular complexity index is 1180. The molecule has 1 aromatic heterocycles. The van der Waals surface area contributed by atoms with E-state index in [-0.39, 0.29) is 11.7 Å². The van der Waals surface area contributed by atoms with Gasteiger partial charge in [0.1, 0.15) is 0 Å². The van der Waals surface area contributed by atoms with Gasteiger partial charge in [-0.2, -0.15) is 0 Å². The van der Waals surface area contributed by atoms with E-state index in [9.17, 15) is 9.59 Å². The number of nitrogens with one attached hydrogen (secondary N) is 2. The monoisotopic (exact) mass is 579 g/mol. The lowest BCUT2D eigenvalue weighted by molar-refractivity contribution is 0.0740. The summed E-state index contributed by atoms with van der Waals surface area (Å²) < 4.78 is 1.96. The largest absolute Gasteiger partial charge is 0.339 e. The number of aromatic nitrogens is 2. The summed E-state index contributed by atoms with van der Waals surface area (Å²) in [5, 5.41) is 6.41. The van der Waals surface area contributed by atoms with E-state index < -0.39 is 0 Å². The molecule has 0 spiro atoms. The quantitative estimate of drug-likeness (QED) is 0.148. The van der Waals surface area contributed by atoms with Crippen molar-refractivity contribution in [3.63, 3.8) is 0 Å². The fourth-order valence-electron chi connectivity index (χ4n) is 4.23. The Hall–Kier alpha value is -3.19. The van der Waals surface area contributed by atoms with Gasteiger partial charge in [0.25, 0.3) is 5.91 Å². The molecule has 0 fully saturated rings. The predicted molar refractivity (Wildman–Crippen MR) is 180 cm³/mol. The van der Waals surface area contributed by atoms with Gasteiger partial charge < -0.3 is 20.1 Å². The van der Waals surface area contributed by atoms with Crippen molar-refractivity contribution in [2.45, 2.75) is 87.5 Å². The van der Waals surface area contributed by atoms with E-state index in [1.54, 1.807) is 19.1 Å². The molecule has 2 N–H and O–H groups in total. The lowest BCUT2D eigenvalue weighted by atomic mass is 10.1. The molecule has 0 saturated heterocycles. The van der Waals surface area contributed by atoms with Crippen molar-refractivity contribution >= 4 is 34.4 Å². The zero-order chi connectivity index (χ0) is 31.7. The Morgan fingerprint density at radius 1 is 0.905 bits per heavy atom. The molecule has 0 saturated carbocycles. The van der Waals surface area contributed by atoms with Crippen LogP contribution in [0.1, 0.15) is 108 Å². The molecular formula is C35H57N5O2. The Kier molecular flexibility index (Phi) is 17.4. The summed E-state index contributed by atoms with van der Waals surface area (Å²) in [6.07, 6.45) is 6.00. The minimum absolute atomic E-state index is 0.0392. The van der Waals surface area contributed by atoms with Crippen LogP contribution in [0.25, 0.3) is 11.0 Å². The third-order valence-corrected chi connectivity index (χ3v) is 6.95. The molecular weight excluding hydrogens is 522 g/mol. The standard InChI is InChI=1S/C27H36N4O2.C6H15N.C2H6/c1-18(2)13-15-31(16-14-19(3)4)26(33)22-9-12-24-25(17-22)30(6)27(29-24)28-23-10-7-21(8-11-23)20(5)32;1-3-4-5-6-7-2;1-2/h7-12,17-19H,13-16H2,1-6H3,(H,28,29);7H,3-6H2,1-2H3;1-2H3. The first-order valence-electron chi connectivity index (χ1n) is 15.9. The number of Topliss-reactive ketones (excluding diaryl/α,β-unsaturated/α-hetero) is 1. The summed E-state index contributed by atoms with van der Waals surface area (Å²) in [4.78, 5) is 31.5. The predicted octanol–water partition coefficient (Wildman–Crippen LogP) is 8.48. The van der Waals surface area contributed by atoms with Crippen molar-refractivity contribution in [1.29, 1.82) is 0 Å². The highest BCUT2D eigenvalue weighted by Gasteiger charge is 2.18. The second-order valence-electron chi connectivity index (χ2n) is 11.4. The summed E-state index contributed by atoms with van der Waals surface area (Å²) in [7, 11) is 3.93. The molecule has 1 heterocycles. The fourth-order valence-corrected chi connectivity index (χ4v) is 4.23. The number of fused-ring (bicyclic) bond motifs is 1. The third kappa shape index (κ3) is 12.4. The molecule has 3 aromatic rings. The average Bonchev–Trinajstić information content (AvgIpc) is 3.28. The van der Waals surface area contributed by atoms with Crippen LogP contribution >= 0.6 is 0 Å². The van der Waals surface area contributed by atoms with E-state index in [1.807, 2.05) is 67.7 Å². The summed E-state index contributed by atoms with van der Waals surface area (Å²) in [6, 6.07) is 13.1. The van der Waals surface area contributed by atoms with Gasteiger partial charge in [-0.3, -0.25) is 9.59 Å². The summed E-state index contributed by atoms with van der Waals surface area (Å²) in [5.41, 5.74) is 3.94. The maximum absolute atomic E-state index is 13.4. The zero-order valence-corrected chi connectivity index (χ0v) is 28.0. The van der Waals surface area contributed by atoms with E-state index in [0.29, 0.717) is 28.9 Å². The summed E-state index contributed by atoms with van der Waals surface area (Å²) >= 11 is 0. The van der Waals surface area contributed by atoms with Crippen LogP contribution in [-0.4, -0.2) is 52.8 Å². The molecule has 7 heteroatoms. The van der Waals surface area contributed by atoms with Crippen LogP contribution in [0.15, 0.2) is 42.5 Å². The Morgan fingerprint density at radius 3 is 1.98 bits per heavy atom. The van der Waals surface area contributed by atoms with Crippen LogP contribution in [0.3, 0.4) is 0 Å². The fraction of sp³-hybridized carbons (Fsp3) is 0.571. The Balaban J connectivity index is 0.000000858. The number of carbonyl (C=O) groups is 2. The Morgan fingerprint density at radius 2 is 1.48 bits per heavy atom. The summed E-state index contributed by atoms with van der Waals surface area (Å²) in [5.74, 6) is 1.90. The normalized spacial score (nSPS) is 10.7. The molecule has 234 valence electrons. The van der Waals surface area contributed by atoms with Crippen LogP contribution in [0.2, 0.25) is 0 Å². The number of hydrogen-bond donors (Lipinski definition) is 2. The first kappa shape index (κ1) is 36.8. The van der Waals surface area contributed by atoms with E-state index in [1.165, 1.54) is 25.8 Å². The molecule has 1 amide bonds. The van der Waals surface area contributed by atoms with E-state index in [2.05, 4.69) is 50.2 Å². The number of ketones is 1. The van der Waals surface area contributed by atoms with Crippen LogP contribution in [0, 0.1) is 11.8 Å². The first-order chi connectivity index (χ1) is 20.1. The van der Waals surface area contributed by atoms with Gasteiger partial charge in [-0.05, 0) is 94.1 Å². The van der Waals surface area contributed by atoms with Crippen molar-refractivity contribution in [3.8, 4) is 0 Å². The van der Waals surface area contributed by atoms with E-state index in [4.69, 9.17) is 0 Å². The number of hydrogen-bond acceptors (Lipinski definition) is 5. The van der Waals surface area contributed by atoms with Crippen molar-refractivity contribution in [2.24, 2.45) is 18.9 Å². The summed E-state index contributed by atoms with van der Waals surface area (Å²) in [6.45, 7) is 19.3. The molecule has 42 heavy (non-hydrogen) atoms. The van der Waals surface area contributed by atoms with Crippen molar-refractivity contribution in [2.75, 3.05) is 32.0 Å². The maximum atomic E-state index is 13.4. The lowest BCUT2D eigenvalue weighted by Crippen LogP contribution is -2.34. The van der Waals surface area contributed by atoms with Crippen molar-refractivity contribution in [3.05, 3.63) is 53.6 Å². The van der Waals surface area contributed by atoms with Crippen molar-refractivity contribution < 1.29 is 9.59 Å². The van der Waals surface area contributed by atoms with Crippen LogP contribution < -0.4 is 10.6 Å². The topological polar surface area (TPSA) is 79.3 Å². The number of amides is 1. The van der Waals surface area contributed by atoms with Crippen molar-refractivity contribution in [1.82, 2.24) is 19.8 Å². The van der Waals surface area contributed by atoms with Gasteiger partial charge in [0.05, 0.1) is 11.0 Å². The number of aryl methyl sites for hydroxylation is 1. The molecule has 0 bridgehead atoms. The third-order valence-electron chi connectivity index (χ3n) is 6.95. The van der Waals surface area contributed by atoms with Gasteiger partial charge >= 0.3 is 0 Å². The van der Waals surface area contributed by atoms with Crippen LogP contribution in [0.5, 0.6) is 0 Å². The number of imidazole rings is 1. The molecule has 7 nitrogen and oxygen atoms in total. The number of anilines is 2. The van der Waals surface area contributed by atoms with Crippen LogP contribution in [-0.2, 0) is 7.05 Å². The highest BCUT2D eigenvalue weighted by atomic mass is 16.2. The molecule has 2 aromatic carbocycles. The second kappa shape index (κ2) is 19.8. The molecule has 0 aliphatic carbocycles. The highest BCUT2D eigenvalue weighted by molar-refractivity contribution is 5.98. The number of carbonyl (C=O) groups excluding carboxylic acids is 2. The molecule has 0 unspecified atom stereocenters. The number of rotatable bonds is 14. The van der Waals surface area contributed by atoms with E-state index >= 15 is 0 Å². The minimum Gasteiger partial charge on any atom is -0.339 e. The van der Waals surface area contributed by atoms with Gasteiger partial charge in [-0.15, -0.1) is 0 Å². The van der Waals surface area contributed by atoms with Gasteiger partial charge in [0.2, 0.25) is 5.95 Å². The van der Waals surface area contributed by atoms with Gasteiger partial charge in [-0.25, -0.2) is 4.98 Å². The Labute approximate surface area is 255 Å². The smallest absolute Gasteiger partial charge is 0.253 e. The molecule has 0 aliphatic rings. The number of benzene rings is 2. The zero-order valence-electron chi connectivity index (χ0n) is 28.0. The van der Waals surface area contributed by atoms with Gasteiger partial charge in [-0.1, -0.05) is 61.3 Å². The maximum Gasteiger partial charge on any atom is 0.253 e.